The van der Waals surface area contributed by atoms with Gasteiger partial charge in [0.25, 0.3) is 6.43 Å². The van der Waals surface area contributed by atoms with Crippen molar-refractivity contribution < 1.29 is 8.78 Å². The lowest BCUT2D eigenvalue weighted by atomic mass is 10.1. The van der Waals surface area contributed by atoms with E-state index in [0.29, 0.717) is 17.8 Å². The Balaban J connectivity index is 3.02. The molecular weight excluding hydrogens is 304 g/mol. The smallest absolute Gasteiger partial charge is 0.255 e. The zero-order valence-electron chi connectivity index (χ0n) is 10.8. The molecule has 1 aromatic rings. The van der Waals surface area contributed by atoms with Crippen molar-refractivity contribution in [2.24, 2.45) is 0 Å². The van der Waals surface area contributed by atoms with Gasteiger partial charge in [0, 0.05) is 23.3 Å². The summed E-state index contributed by atoms with van der Waals surface area (Å²) in [5.74, 6) is 0.640. The van der Waals surface area contributed by atoms with Crippen LogP contribution in [0.4, 0.5) is 14.7 Å². The molecule has 0 aliphatic heterocycles. The number of aryl methyl sites for hydroxylation is 1. The highest BCUT2D eigenvalue weighted by atomic mass is 79.9. The minimum Gasteiger partial charge on any atom is -0.334 e. The molecule has 1 rings (SSSR count). The summed E-state index contributed by atoms with van der Waals surface area (Å²) in [6.07, 6.45) is -2.39. The van der Waals surface area contributed by atoms with E-state index in [4.69, 9.17) is 0 Å². The molecule has 6 heteroatoms. The first-order valence-corrected chi connectivity index (χ1v) is 7.00. The van der Waals surface area contributed by atoms with E-state index < -0.39 is 6.43 Å². The molecule has 0 amide bonds. The first-order chi connectivity index (χ1) is 8.43. The predicted molar refractivity (Wildman–Crippen MR) is 72.9 cm³/mol. The summed E-state index contributed by atoms with van der Waals surface area (Å²) in [6.45, 7) is 6.02. The van der Waals surface area contributed by atoms with E-state index >= 15 is 0 Å². The fourth-order valence-corrected chi connectivity index (χ4v) is 1.98. The van der Waals surface area contributed by atoms with Crippen LogP contribution in [0.3, 0.4) is 0 Å². The first-order valence-electron chi connectivity index (χ1n) is 5.88. The number of hydrogen-bond donors (Lipinski definition) is 0. The minimum atomic E-state index is -2.39. The van der Waals surface area contributed by atoms with Gasteiger partial charge in [-0.25, -0.2) is 18.7 Å². The zero-order valence-corrected chi connectivity index (χ0v) is 12.4. The van der Waals surface area contributed by atoms with Crippen molar-refractivity contribution in [2.75, 3.05) is 23.3 Å². The number of anilines is 1. The highest BCUT2D eigenvalue weighted by molar-refractivity contribution is 9.09. The Labute approximate surface area is 115 Å². The van der Waals surface area contributed by atoms with Gasteiger partial charge in [-0.2, -0.15) is 0 Å². The molecule has 1 heterocycles. The van der Waals surface area contributed by atoms with Gasteiger partial charge in [-0.05, 0) is 18.9 Å². The second-order valence-electron chi connectivity index (χ2n) is 4.41. The van der Waals surface area contributed by atoms with Crippen LogP contribution in [-0.4, -0.2) is 34.8 Å². The summed E-state index contributed by atoms with van der Waals surface area (Å²) in [4.78, 5) is 10.1. The van der Waals surface area contributed by atoms with E-state index in [1.165, 1.54) is 4.90 Å². The van der Waals surface area contributed by atoms with Crippen LogP contribution >= 0.6 is 15.9 Å². The second-order valence-corrected chi connectivity index (χ2v) is 5.21. The van der Waals surface area contributed by atoms with Gasteiger partial charge in [0.15, 0.2) is 0 Å². The van der Waals surface area contributed by atoms with E-state index in [1.54, 1.807) is 0 Å². The average molecular weight is 322 g/mol. The predicted octanol–water partition coefficient (Wildman–Crippen LogP) is 3.37. The lowest BCUT2D eigenvalue weighted by molar-refractivity contribution is 0.154. The van der Waals surface area contributed by atoms with Gasteiger partial charge in [0.2, 0.25) is 5.95 Å². The number of aromatic nitrogens is 2. The molecule has 0 saturated carbocycles. The van der Waals surface area contributed by atoms with Gasteiger partial charge >= 0.3 is 0 Å². The van der Waals surface area contributed by atoms with Gasteiger partial charge in [-0.1, -0.05) is 29.8 Å². The monoisotopic (exact) mass is 321 g/mol. The Morgan fingerprint density at radius 2 is 2.00 bits per heavy atom. The quantitative estimate of drug-likeness (QED) is 0.752. The molecule has 0 unspecified atom stereocenters. The lowest BCUT2D eigenvalue weighted by Gasteiger charge is -2.22. The van der Waals surface area contributed by atoms with Crippen LogP contribution in [0.15, 0.2) is 6.07 Å². The van der Waals surface area contributed by atoms with Gasteiger partial charge in [-0.3, -0.25) is 0 Å². The number of rotatable bonds is 6. The third-order valence-electron chi connectivity index (χ3n) is 2.45. The lowest BCUT2D eigenvalue weighted by Crippen LogP contribution is -2.32. The summed E-state index contributed by atoms with van der Waals surface area (Å²) >= 11 is 3.26. The summed E-state index contributed by atoms with van der Waals surface area (Å²) in [7, 11) is 0. The van der Waals surface area contributed by atoms with Crippen LogP contribution in [0.2, 0.25) is 0 Å². The molecule has 0 bridgehead atoms. The number of nitrogens with zero attached hydrogens (tertiary/aromatic N) is 3. The normalized spacial score (nSPS) is 11.3. The first kappa shape index (κ1) is 15.3. The Hall–Kier alpha value is -0.780. The van der Waals surface area contributed by atoms with Gasteiger partial charge in [0.1, 0.15) is 0 Å². The van der Waals surface area contributed by atoms with E-state index in [1.807, 2.05) is 26.8 Å². The van der Waals surface area contributed by atoms with Crippen molar-refractivity contribution in [3.05, 3.63) is 17.5 Å². The Kier molecular flexibility index (Phi) is 5.91. The summed E-state index contributed by atoms with van der Waals surface area (Å²) < 4.78 is 25.1. The van der Waals surface area contributed by atoms with E-state index in [9.17, 15) is 8.78 Å². The summed E-state index contributed by atoms with van der Waals surface area (Å²) in [6, 6.07) is 1.89. The molecule has 0 aliphatic carbocycles. The maximum Gasteiger partial charge on any atom is 0.255 e. The van der Waals surface area contributed by atoms with Gasteiger partial charge in [-0.15, -0.1) is 0 Å². The van der Waals surface area contributed by atoms with E-state index in [2.05, 4.69) is 25.9 Å². The average Bonchev–Trinajstić information content (AvgIpc) is 2.27. The molecule has 0 saturated heterocycles. The van der Waals surface area contributed by atoms with Crippen LogP contribution in [0.5, 0.6) is 0 Å². The van der Waals surface area contributed by atoms with Gasteiger partial charge in [0.05, 0.1) is 6.54 Å². The Bertz CT molecular complexity index is 386. The maximum atomic E-state index is 12.5. The number of alkyl halides is 3. The largest absolute Gasteiger partial charge is 0.334 e. The van der Waals surface area contributed by atoms with Crippen molar-refractivity contribution in [2.45, 2.75) is 33.1 Å². The fourth-order valence-electron chi connectivity index (χ4n) is 1.56. The molecule has 0 N–H and O–H groups in total. The molecule has 0 aliphatic rings. The zero-order chi connectivity index (χ0) is 13.7. The highest BCUT2D eigenvalue weighted by Gasteiger charge is 2.16. The van der Waals surface area contributed by atoms with E-state index in [0.717, 1.165) is 11.4 Å². The van der Waals surface area contributed by atoms with Crippen molar-refractivity contribution in [1.29, 1.82) is 0 Å². The molecule has 0 fully saturated rings. The Morgan fingerprint density at radius 1 is 1.33 bits per heavy atom. The van der Waals surface area contributed by atoms with Crippen LogP contribution in [-0.2, 0) is 0 Å². The molecule has 102 valence electrons. The molecule has 3 nitrogen and oxygen atoms in total. The second kappa shape index (κ2) is 6.97. The molecule has 0 aromatic carbocycles. The molecule has 0 spiro atoms. The van der Waals surface area contributed by atoms with Crippen molar-refractivity contribution in [3.8, 4) is 0 Å². The van der Waals surface area contributed by atoms with Crippen LogP contribution < -0.4 is 4.90 Å². The summed E-state index contributed by atoms with van der Waals surface area (Å²) in [5, 5.41) is 0.605. The van der Waals surface area contributed by atoms with Crippen LogP contribution in [0.1, 0.15) is 31.2 Å². The third kappa shape index (κ3) is 4.48. The molecule has 18 heavy (non-hydrogen) atoms. The highest BCUT2D eigenvalue weighted by Crippen LogP contribution is 2.17. The number of hydrogen-bond acceptors (Lipinski definition) is 3. The Morgan fingerprint density at radius 3 is 2.50 bits per heavy atom. The maximum absolute atomic E-state index is 12.5. The van der Waals surface area contributed by atoms with Crippen LogP contribution in [0, 0.1) is 6.92 Å². The molecule has 0 atom stereocenters. The number of halogens is 3. The van der Waals surface area contributed by atoms with Gasteiger partial charge < -0.3 is 4.90 Å². The molecule has 0 radical (unpaired) electrons. The molecule has 1 aromatic heterocycles. The minimum absolute atomic E-state index is 0.253. The fraction of sp³-hybridized carbons (Fsp3) is 0.667. The summed E-state index contributed by atoms with van der Waals surface area (Å²) in [5.41, 5.74) is 1.68. The molecular formula is C12H18BrF2N3. The van der Waals surface area contributed by atoms with Crippen molar-refractivity contribution >= 4 is 21.9 Å². The SMILES string of the molecule is Cc1cc(C(C)C)nc(N(CCBr)CC(F)F)n1. The van der Waals surface area contributed by atoms with E-state index in [-0.39, 0.29) is 12.5 Å². The third-order valence-corrected chi connectivity index (χ3v) is 2.80. The standard InChI is InChI=1S/C12H18BrF2N3/c1-8(2)10-6-9(3)16-12(17-10)18(5-4-13)7-11(14)15/h6,8,11H,4-5,7H2,1-3H3. The van der Waals surface area contributed by atoms with Crippen LogP contribution in [0.25, 0.3) is 0 Å². The van der Waals surface area contributed by atoms with Crippen molar-refractivity contribution in [1.82, 2.24) is 9.97 Å². The topological polar surface area (TPSA) is 29.0 Å². The van der Waals surface area contributed by atoms with Crippen molar-refractivity contribution in [3.63, 3.8) is 0 Å².